The number of aromatic nitrogens is 2. The summed E-state index contributed by atoms with van der Waals surface area (Å²) in [5.74, 6) is 1.57. The van der Waals surface area contributed by atoms with Gasteiger partial charge in [0.05, 0.1) is 6.20 Å². The molecule has 3 aromatic rings. The molecule has 4 N–H and O–H groups in total. The van der Waals surface area contributed by atoms with Gasteiger partial charge in [-0.25, -0.2) is 4.98 Å². The molecule has 0 bridgehead atoms. The maximum absolute atomic E-state index is 5.75. The first-order chi connectivity index (χ1) is 11.7. The number of nitrogens with zero attached hydrogens (tertiary/aromatic N) is 2. The van der Waals surface area contributed by atoms with E-state index in [0.29, 0.717) is 19.0 Å². The van der Waals surface area contributed by atoms with E-state index < -0.39 is 0 Å². The summed E-state index contributed by atoms with van der Waals surface area (Å²) in [7, 11) is 0. The van der Waals surface area contributed by atoms with Crippen molar-refractivity contribution in [3.63, 3.8) is 0 Å². The molecule has 0 amide bonds. The van der Waals surface area contributed by atoms with Crippen molar-refractivity contribution in [3.8, 4) is 11.5 Å². The molecule has 1 aromatic heterocycles. The Balaban J connectivity index is 1.54. The second-order valence-electron chi connectivity index (χ2n) is 5.18. The third kappa shape index (κ3) is 4.13. The second kappa shape index (κ2) is 7.32. The van der Waals surface area contributed by atoms with Crippen molar-refractivity contribution in [3.05, 3.63) is 71.9 Å². The van der Waals surface area contributed by atoms with E-state index in [1.165, 1.54) is 6.20 Å². The lowest BCUT2D eigenvalue weighted by Gasteiger charge is -2.09. The van der Waals surface area contributed by atoms with Gasteiger partial charge in [0.1, 0.15) is 19.0 Å². The number of ether oxygens (including phenoxy) is 2. The molecular weight excluding hydrogens is 304 g/mol. The summed E-state index contributed by atoms with van der Waals surface area (Å²) in [6, 6.07) is 17.7. The smallest absolute Gasteiger partial charge is 0.222 e. The fourth-order valence-electron chi connectivity index (χ4n) is 2.09. The van der Waals surface area contributed by atoms with Crippen molar-refractivity contribution in [2.75, 3.05) is 11.5 Å². The molecule has 0 aliphatic carbocycles. The summed E-state index contributed by atoms with van der Waals surface area (Å²) < 4.78 is 11.3. The van der Waals surface area contributed by atoms with E-state index in [0.717, 1.165) is 16.9 Å². The van der Waals surface area contributed by atoms with Gasteiger partial charge < -0.3 is 20.9 Å². The van der Waals surface area contributed by atoms with Crippen LogP contribution < -0.4 is 20.9 Å². The Morgan fingerprint density at radius 1 is 0.792 bits per heavy atom. The van der Waals surface area contributed by atoms with Crippen LogP contribution in [0.4, 0.5) is 11.8 Å². The van der Waals surface area contributed by atoms with Crippen LogP contribution in [0, 0.1) is 0 Å². The van der Waals surface area contributed by atoms with Gasteiger partial charge in [-0.05, 0) is 23.3 Å². The lowest BCUT2D eigenvalue weighted by atomic mass is 10.2. The molecule has 2 aromatic carbocycles. The third-order valence-corrected chi connectivity index (χ3v) is 3.37. The minimum absolute atomic E-state index is 0.125. The molecule has 0 aliphatic heterocycles. The molecule has 0 atom stereocenters. The standard InChI is InChI=1S/C18H18N4O2/c19-17-16(10-21-18(20)22-17)24-12-14-6-8-15(9-7-14)23-11-13-4-2-1-3-5-13/h1-10H,11-12H2,(H4,19,20,21,22). The molecular formula is C18H18N4O2. The number of hydrogen-bond acceptors (Lipinski definition) is 6. The number of hydrogen-bond donors (Lipinski definition) is 2. The average Bonchev–Trinajstić information content (AvgIpc) is 2.61. The van der Waals surface area contributed by atoms with Crippen molar-refractivity contribution in [2.45, 2.75) is 13.2 Å². The highest BCUT2D eigenvalue weighted by molar-refractivity contribution is 5.46. The third-order valence-electron chi connectivity index (χ3n) is 3.37. The van der Waals surface area contributed by atoms with Crippen LogP contribution >= 0.6 is 0 Å². The SMILES string of the molecule is Nc1ncc(OCc2ccc(OCc3ccccc3)cc2)c(N)n1. The second-order valence-corrected chi connectivity index (χ2v) is 5.18. The van der Waals surface area contributed by atoms with Crippen LogP contribution in [0.15, 0.2) is 60.8 Å². The highest BCUT2D eigenvalue weighted by Crippen LogP contribution is 2.20. The molecule has 122 valence electrons. The summed E-state index contributed by atoms with van der Waals surface area (Å²) in [6.07, 6.45) is 1.47. The van der Waals surface area contributed by atoms with E-state index >= 15 is 0 Å². The van der Waals surface area contributed by atoms with Gasteiger partial charge in [-0.15, -0.1) is 0 Å². The zero-order valence-corrected chi connectivity index (χ0v) is 13.1. The van der Waals surface area contributed by atoms with Crippen molar-refractivity contribution < 1.29 is 9.47 Å². The minimum atomic E-state index is 0.125. The molecule has 0 spiro atoms. The van der Waals surface area contributed by atoms with Crippen LogP contribution in [0.5, 0.6) is 11.5 Å². The average molecular weight is 322 g/mol. The molecule has 0 saturated heterocycles. The van der Waals surface area contributed by atoms with Crippen molar-refractivity contribution in [2.24, 2.45) is 0 Å². The molecule has 3 rings (SSSR count). The Labute approximate surface area is 140 Å². The Hall–Kier alpha value is -3.28. The summed E-state index contributed by atoms with van der Waals surface area (Å²) in [5.41, 5.74) is 13.3. The maximum Gasteiger partial charge on any atom is 0.222 e. The Morgan fingerprint density at radius 2 is 1.46 bits per heavy atom. The molecule has 1 heterocycles. The van der Waals surface area contributed by atoms with Gasteiger partial charge in [-0.3, -0.25) is 0 Å². The molecule has 0 saturated carbocycles. The first kappa shape index (κ1) is 15.6. The van der Waals surface area contributed by atoms with Crippen LogP contribution in [0.25, 0.3) is 0 Å². The van der Waals surface area contributed by atoms with Gasteiger partial charge in [0.25, 0.3) is 0 Å². The van der Waals surface area contributed by atoms with Crippen LogP contribution in [-0.2, 0) is 13.2 Å². The summed E-state index contributed by atoms with van der Waals surface area (Å²) in [5, 5.41) is 0. The van der Waals surface area contributed by atoms with E-state index in [-0.39, 0.29) is 11.8 Å². The van der Waals surface area contributed by atoms with Crippen LogP contribution in [-0.4, -0.2) is 9.97 Å². The number of benzene rings is 2. The highest BCUT2D eigenvalue weighted by Gasteiger charge is 2.04. The Bertz CT molecular complexity index is 792. The van der Waals surface area contributed by atoms with E-state index in [4.69, 9.17) is 20.9 Å². The molecule has 0 radical (unpaired) electrons. The highest BCUT2D eigenvalue weighted by atomic mass is 16.5. The van der Waals surface area contributed by atoms with E-state index in [1.54, 1.807) is 0 Å². The molecule has 24 heavy (non-hydrogen) atoms. The van der Waals surface area contributed by atoms with Crippen LogP contribution in [0.3, 0.4) is 0 Å². The summed E-state index contributed by atoms with van der Waals surface area (Å²) >= 11 is 0. The lowest BCUT2D eigenvalue weighted by Crippen LogP contribution is -2.04. The fourth-order valence-corrected chi connectivity index (χ4v) is 2.09. The normalized spacial score (nSPS) is 10.3. The van der Waals surface area contributed by atoms with Gasteiger partial charge >= 0.3 is 0 Å². The number of rotatable bonds is 6. The summed E-state index contributed by atoms with van der Waals surface area (Å²) in [4.78, 5) is 7.71. The summed E-state index contributed by atoms with van der Waals surface area (Å²) in [6.45, 7) is 0.895. The van der Waals surface area contributed by atoms with E-state index in [2.05, 4.69) is 9.97 Å². The van der Waals surface area contributed by atoms with Crippen molar-refractivity contribution in [1.29, 1.82) is 0 Å². The number of nitrogen functional groups attached to an aromatic ring is 2. The quantitative estimate of drug-likeness (QED) is 0.724. The monoisotopic (exact) mass is 322 g/mol. The van der Waals surface area contributed by atoms with E-state index in [1.807, 2.05) is 54.6 Å². The van der Waals surface area contributed by atoms with Gasteiger partial charge in [0.2, 0.25) is 5.95 Å². The maximum atomic E-state index is 5.75. The molecule has 0 unspecified atom stereocenters. The first-order valence-corrected chi connectivity index (χ1v) is 7.47. The van der Waals surface area contributed by atoms with Gasteiger partial charge in [0.15, 0.2) is 11.6 Å². The van der Waals surface area contributed by atoms with Crippen molar-refractivity contribution >= 4 is 11.8 Å². The lowest BCUT2D eigenvalue weighted by molar-refractivity contribution is 0.300. The minimum Gasteiger partial charge on any atom is -0.489 e. The van der Waals surface area contributed by atoms with Crippen LogP contribution in [0.1, 0.15) is 11.1 Å². The largest absolute Gasteiger partial charge is 0.489 e. The first-order valence-electron chi connectivity index (χ1n) is 7.47. The number of nitrogens with two attached hydrogens (primary N) is 2. The van der Waals surface area contributed by atoms with Crippen molar-refractivity contribution in [1.82, 2.24) is 9.97 Å². The Kier molecular flexibility index (Phi) is 4.76. The zero-order valence-electron chi connectivity index (χ0n) is 13.1. The van der Waals surface area contributed by atoms with Crippen LogP contribution in [0.2, 0.25) is 0 Å². The van der Waals surface area contributed by atoms with E-state index in [9.17, 15) is 0 Å². The zero-order chi connectivity index (χ0) is 16.8. The fraction of sp³-hybridized carbons (Fsp3) is 0.111. The Morgan fingerprint density at radius 3 is 2.17 bits per heavy atom. The van der Waals surface area contributed by atoms with Gasteiger partial charge in [-0.2, -0.15) is 4.98 Å². The topological polar surface area (TPSA) is 96.3 Å². The van der Waals surface area contributed by atoms with Gasteiger partial charge in [-0.1, -0.05) is 42.5 Å². The predicted octanol–water partition coefficient (Wildman–Crippen LogP) is 2.80. The molecule has 0 aliphatic rings. The molecule has 0 fully saturated rings. The molecule has 6 nitrogen and oxygen atoms in total. The molecule has 6 heteroatoms. The number of anilines is 2. The van der Waals surface area contributed by atoms with Gasteiger partial charge in [0, 0.05) is 0 Å². The predicted molar refractivity (Wildman–Crippen MR) is 92.4 cm³/mol.